The second-order valence-electron chi connectivity index (χ2n) is 5.13. The lowest BCUT2D eigenvalue weighted by atomic mass is 9.66. The summed E-state index contributed by atoms with van der Waals surface area (Å²) in [4.78, 5) is 23.1. The molecule has 2 N–H and O–H groups in total. The number of carbonyl (C=O) groups is 2. The van der Waals surface area contributed by atoms with Crippen LogP contribution in [0.2, 0.25) is 5.02 Å². The third-order valence-electron chi connectivity index (χ3n) is 3.75. The molecule has 1 aromatic carbocycles. The van der Waals surface area contributed by atoms with E-state index < -0.39 is 11.4 Å². The van der Waals surface area contributed by atoms with Crippen molar-refractivity contribution in [3.63, 3.8) is 0 Å². The van der Waals surface area contributed by atoms with E-state index in [0.29, 0.717) is 24.4 Å². The van der Waals surface area contributed by atoms with E-state index in [1.807, 2.05) is 12.1 Å². The standard InChI is InChI=1S/C14H15BrClNO3/c15-10-3-2-9(11(16)6-10)8-17-12(18)7-14(13(19)20)4-1-5-14/h2-3,6H,1,4-5,7-8H2,(H,17,18)(H,19,20). The highest BCUT2D eigenvalue weighted by atomic mass is 79.9. The van der Waals surface area contributed by atoms with Gasteiger partial charge in [0.2, 0.25) is 5.91 Å². The Labute approximate surface area is 130 Å². The van der Waals surface area contributed by atoms with Crippen molar-refractivity contribution >= 4 is 39.4 Å². The molecule has 4 nitrogen and oxygen atoms in total. The third-order valence-corrected chi connectivity index (χ3v) is 4.60. The number of carboxylic acids is 1. The summed E-state index contributed by atoms with van der Waals surface area (Å²) >= 11 is 9.37. The van der Waals surface area contributed by atoms with Gasteiger partial charge in [0, 0.05) is 22.5 Å². The molecule has 20 heavy (non-hydrogen) atoms. The van der Waals surface area contributed by atoms with Crippen molar-refractivity contribution in [2.24, 2.45) is 5.41 Å². The summed E-state index contributed by atoms with van der Waals surface area (Å²) in [6.07, 6.45) is 2.07. The average molecular weight is 361 g/mol. The van der Waals surface area contributed by atoms with Crippen molar-refractivity contribution in [3.8, 4) is 0 Å². The fourth-order valence-corrected chi connectivity index (χ4v) is 3.04. The maximum Gasteiger partial charge on any atom is 0.310 e. The van der Waals surface area contributed by atoms with Crippen LogP contribution in [0.15, 0.2) is 22.7 Å². The molecule has 0 atom stereocenters. The molecule has 0 aliphatic heterocycles. The number of carboxylic acid groups (broad SMARTS) is 1. The lowest BCUT2D eigenvalue weighted by Crippen LogP contribution is -2.42. The molecular weight excluding hydrogens is 346 g/mol. The molecule has 0 aromatic heterocycles. The van der Waals surface area contributed by atoms with Crippen LogP contribution in [0.4, 0.5) is 0 Å². The molecule has 0 saturated heterocycles. The first-order valence-electron chi connectivity index (χ1n) is 6.37. The van der Waals surface area contributed by atoms with E-state index in [1.54, 1.807) is 6.07 Å². The Hall–Kier alpha value is -1.07. The maximum atomic E-state index is 11.9. The Morgan fingerprint density at radius 2 is 2.10 bits per heavy atom. The second-order valence-corrected chi connectivity index (χ2v) is 6.45. The summed E-state index contributed by atoms with van der Waals surface area (Å²) in [5, 5.41) is 12.5. The number of hydrogen-bond donors (Lipinski definition) is 2. The van der Waals surface area contributed by atoms with E-state index in [9.17, 15) is 14.7 Å². The summed E-state index contributed by atoms with van der Waals surface area (Å²) < 4.78 is 0.872. The Bertz CT molecular complexity index is 543. The van der Waals surface area contributed by atoms with Crippen LogP contribution in [0, 0.1) is 5.41 Å². The number of amides is 1. The van der Waals surface area contributed by atoms with Crippen LogP contribution in [-0.2, 0) is 16.1 Å². The molecule has 1 fully saturated rings. The van der Waals surface area contributed by atoms with Crippen molar-refractivity contribution < 1.29 is 14.7 Å². The van der Waals surface area contributed by atoms with Crippen LogP contribution in [0.25, 0.3) is 0 Å². The highest BCUT2D eigenvalue weighted by Gasteiger charge is 2.45. The topological polar surface area (TPSA) is 66.4 Å². The van der Waals surface area contributed by atoms with Crippen LogP contribution in [0.1, 0.15) is 31.2 Å². The van der Waals surface area contributed by atoms with Gasteiger partial charge in [0.1, 0.15) is 0 Å². The zero-order valence-electron chi connectivity index (χ0n) is 10.8. The van der Waals surface area contributed by atoms with Gasteiger partial charge < -0.3 is 10.4 Å². The molecule has 1 saturated carbocycles. The van der Waals surface area contributed by atoms with Crippen LogP contribution in [0.3, 0.4) is 0 Å². The first kappa shape index (κ1) is 15.3. The van der Waals surface area contributed by atoms with Gasteiger partial charge >= 0.3 is 5.97 Å². The Kier molecular flexibility index (Phi) is 4.70. The number of hydrogen-bond acceptors (Lipinski definition) is 2. The highest BCUT2D eigenvalue weighted by Crippen LogP contribution is 2.44. The highest BCUT2D eigenvalue weighted by molar-refractivity contribution is 9.10. The van der Waals surface area contributed by atoms with E-state index in [4.69, 9.17) is 11.6 Å². The van der Waals surface area contributed by atoms with Crippen molar-refractivity contribution in [3.05, 3.63) is 33.3 Å². The van der Waals surface area contributed by atoms with Gasteiger partial charge in [-0.2, -0.15) is 0 Å². The molecule has 2 rings (SSSR count). The SMILES string of the molecule is O=C(CC1(C(=O)O)CCC1)NCc1ccc(Br)cc1Cl. The van der Waals surface area contributed by atoms with Crippen LogP contribution >= 0.6 is 27.5 Å². The number of nitrogens with one attached hydrogen (secondary N) is 1. The van der Waals surface area contributed by atoms with E-state index in [2.05, 4.69) is 21.2 Å². The third kappa shape index (κ3) is 3.33. The summed E-state index contributed by atoms with van der Waals surface area (Å²) in [5.41, 5.74) is -0.0469. The van der Waals surface area contributed by atoms with E-state index >= 15 is 0 Å². The minimum absolute atomic E-state index is 0.0382. The largest absolute Gasteiger partial charge is 0.481 e. The molecule has 0 bridgehead atoms. The second kappa shape index (κ2) is 6.14. The zero-order chi connectivity index (χ0) is 14.8. The quantitative estimate of drug-likeness (QED) is 0.846. The summed E-state index contributed by atoms with van der Waals surface area (Å²) in [6, 6.07) is 5.43. The molecule has 1 amide bonds. The van der Waals surface area contributed by atoms with Gasteiger partial charge in [0.25, 0.3) is 0 Å². The van der Waals surface area contributed by atoms with E-state index in [-0.39, 0.29) is 12.3 Å². The lowest BCUT2D eigenvalue weighted by molar-refractivity contribution is -0.157. The minimum atomic E-state index is -0.874. The van der Waals surface area contributed by atoms with Gasteiger partial charge in [-0.3, -0.25) is 9.59 Å². The van der Waals surface area contributed by atoms with Crippen LogP contribution in [-0.4, -0.2) is 17.0 Å². The Morgan fingerprint density at radius 3 is 2.60 bits per heavy atom. The zero-order valence-corrected chi connectivity index (χ0v) is 13.1. The van der Waals surface area contributed by atoms with Crippen molar-refractivity contribution in [2.75, 3.05) is 0 Å². The van der Waals surface area contributed by atoms with Crippen molar-refractivity contribution in [2.45, 2.75) is 32.2 Å². The van der Waals surface area contributed by atoms with Crippen molar-refractivity contribution in [1.82, 2.24) is 5.32 Å². The summed E-state index contributed by atoms with van der Waals surface area (Å²) in [7, 11) is 0. The van der Waals surface area contributed by atoms with Crippen LogP contribution in [0.5, 0.6) is 0 Å². The summed E-state index contributed by atoms with van der Waals surface area (Å²) in [6.45, 7) is 0.306. The molecule has 6 heteroatoms. The predicted octanol–water partition coefficient (Wildman–Crippen LogP) is 3.36. The molecule has 0 radical (unpaired) electrons. The molecule has 108 valence electrons. The summed E-state index contributed by atoms with van der Waals surface area (Å²) in [5.74, 6) is -1.12. The molecule has 0 unspecified atom stereocenters. The van der Waals surface area contributed by atoms with E-state index in [0.717, 1.165) is 16.5 Å². The first-order valence-corrected chi connectivity index (χ1v) is 7.54. The Morgan fingerprint density at radius 1 is 1.40 bits per heavy atom. The molecular formula is C14H15BrClNO3. The molecule has 1 aliphatic carbocycles. The van der Waals surface area contributed by atoms with Crippen molar-refractivity contribution in [1.29, 1.82) is 0 Å². The number of benzene rings is 1. The fraction of sp³-hybridized carbons (Fsp3) is 0.429. The minimum Gasteiger partial charge on any atom is -0.481 e. The average Bonchev–Trinajstić information content (AvgIpc) is 2.32. The number of halogens is 2. The molecule has 1 aromatic rings. The molecule has 1 aliphatic rings. The van der Waals surface area contributed by atoms with Gasteiger partial charge in [0.15, 0.2) is 0 Å². The molecule has 0 heterocycles. The van der Waals surface area contributed by atoms with Gasteiger partial charge in [-0.05, 0) is 30.5 Å². The van der Waals surface area contributed by atoms with Gasteiger partial charge in [-0.1, -0.05) is 40.0 Å². The number of aliphatic carboxylic acids is 1. The normalized spacial score (nSPS) is 16.3. The fourth-order valence-electron chi connectivity index (χ4n) is 2.30. The van der Waals surface area contributed by atoms with Gasteiger partial charge in [0.05, 0.1) is 5.41 Å². The number of carbonyl (C=O) groups excluding carboxylic acids is 1. The number of rotatable bonds is 5. The monoisotopic (exact) mass is 359 g/mol. The van der Waals surface area contributed by atoms with Crippen LogP contribution < -0.4 is 5.32 Å². The maximum absolute atomic E-state index is 11.9. The van der Waals surface area contributed by atoms with Gasteiger partial charge in [-0.25, -0.2) is 0 Å². The predicted molar refractivity (Wildman–Crippen MR) is 79.5 cm³/mol. The molecule has 0 spiro atoms. The van der Waals surface area contributed by atoms with E-state index in [1.165, 1.54) is 0 Å². The van der Waals surface area contributed by atoms with Gasteiger partial charge in [-0.15, -0.1) is 0 Å². The first-order chi connectivity index (χ1) is 9.43. The lowest BCUT2D eigenvalue weighted by Gasteiger charge is -2.36. The Balaban J connectivity index is 1.91. The smallest absolute Gasteiger partial charge is 0.310 e.